The minimum absolute atomic E-state index is 0.0984. The molecular weight excluding hydrogens is 222 g/mol. The lowest BCUT2D eigenvalue weighted by Gasteiger charge is -2.09. The second-order valence-electron chi connectivity index (χ2n) is 5.49. The average Bonchev–Trinajstić information content (AvgIpc) is 2.94. The zero-order valence-corrected chi connectivity index (χ0v) is 10.8. The Kier molecular flexibility index (Phi) is 2.71. The molecule has 0 radical (unpaired) electrons. The number of aryl methyl sites for hydroxylation is 1. The molecule has 3 heteroatoms. The summed E-state index contributed by atoms with van der Waals surface area (Å²) in [6.45, 7) is 0. The van der Waals surface area contributed by atoms with E-state index in [0.29, 0.717) is 0 Å². The van der Waals surface area contributed by atoms with E-state index < -0.39 is 0 Å². The van der Waals surface area contributed by atoms with Crippen molar-refractivity contribution in [3.05, 3.63) is 53.6 Å². The van der Waals surface area contributed by atoms with E-state index in [2.05, 4.69) is 33.8 Å². The third-order valence-corrected chi connectivity index (χ3v) is 3.75. The highest BCUT2D eigenvalue weighted by Crippen LogP contribution is 2.35. The fourth-order valence-electron chi connectivity index (χ4n) is 2.27. The molecule has 0 amide bonds. The summed E-state index contributed by atoms with van der Waals surface area (Å²) in [4.78, 5) is 4.35. The van der Waals surface area contributed by atoms with Crippen LogP contribution in [0.15, 0.2) is 36.7 Å². The molecule has 0 spiro atoms. The van der Waals surface area contributed by atoms with E-state index in [1.165, 1.54) is 24.0 Å². The van der Waals surface area contributed by atoms with Gasteiger partial charge in [-0.3, -0.25) is 0 Å². The molecule has 0 atom stereocenters. The highest BCUT2D eigenvalue weighted by atomic mass is 15.0. The van der Waals surface area contributed by atoms with E-state index in [0.717, 1.165) is 18.7 Å². The molecule has 2 N–H and O–H groups in total. The van der Waals surface area contributed by atoms with Crippen LogP contribution in [0.3, 0.4) is 0 Å². The number of nitrogens with zero attached hydrogens (tertiary/aromatic N) is 2. The molecule has 0 unspecified atom stereocenters. The number of benzene rings is 1. The van der Waals surface area contributed by atoms with E-state index in [-0.39, 0.29) is 5.54 Å². The van der Waals surface area contributed by atoms with Crippen molar-refractivity contribution in [2.45, 2.75) is 31.2 Å². The molecule has 1 aliphatic rings. The minimum Gasteiger partial charge on any atom is -0.338 e. The monoisotopic (exact) mass is 241 g/mol. The Bertz CT molecular complexity index is 535. The Morgan fingerprint density at radius 3 is 2.44 bits per heavy atom. The molecule has 1 heterocycles. The predicted octanol–water partition coefficient (Wildman–Crippen LogP) is 2.04. The molecule has 94 valence electrons. The van der Waals surface area contributed by atoms with Crippen LogP contribution in [0.4, 0.5) is 0 Å². The first-order valence-electron chi connectivity index (χ1n) is 6.48. The van der Waals surface area contributed by atoms with Crippen LogP contribution in [0.2, 0.25) is 0 Å². The van der Waals surface area contributed by atoms with Crippen LogP contribution in [0.5, 0.6) is 0 Å². The van der Waals surface area contributed by atoms with Crippen LogP contribution >= 0.6 is 0 Å². The fraction of sp³-hybridized carbons (Fsp3) is 0.400. The topological polar surface area (TPSA) is 43.8 Å². The zero-order chi connectivity index (χ0) is 12.6. The number of aromatic nitrogens is 2. The zero-order valence-electron chi connectivity index (χ0n) is 10.8. The maximum atomic E-state index is 6.13. The van der Waals surface area contributed by atoms with Crippen molar-refractivity contribution in [1.29, 1.82) is 0 Å². The lowest BCUT2D eigenvalue weighted by atomic mass is 10.0. The first-order valence-corrected chi connectivity index (χ1v) is 6.48. The van der Waals surface area contributed by atoms with Crippen molar-refractivity contribution < 1.29 is 0 Å². The van der Waals surface area contributed by atoms with E-state index in [4.69, 9.17) is 5.73 Å². The smallest absolute Gasteiger partial charge is 0.112 e. The maximum Gasteiger partial charge on any atom is 0.112 e. The summed E-state index contributed by atoms with van der Waals surface area (Å²) < 4.78 is 2.06. The predicted molar refractivity (Wildman–Crippen MR) is 72.3 cm³/mol. The Morgan fingerprint density at radius 2 is 1.89 bits per heavy atom. The number of nitrogens with two attached hydrogens (primary N) is 1. The van der Waals surface area contributed by atoms with E-state index in [1.54, 1.807) is 0 Å². The number of rotatable bonds is 4. The largest absolute Gasteiger partial charge is 0.338 e. The Balaban J connectivity index is 1.69. The Hall–Kier alpha value is -1.61. The molecule has 1 aromatic carbocycles. The van der Waals surface area contributed by atoms with Gasteiger partial charge in [0.1, 0.15) is 5.82 Å². The second kappa shape index (κ2) is 4.25. The van der Waals surface area contributed by atoms with Gasteiger partial charge in [-0.05, 0) is 30.4 Å². The molecule has 0 aliphatic heterocycles. The van der Waals surface area contributed by atoms with Gasteiger partial charge in [0.05, 0.1) is 0 Å². The molecule has 1 aromatic heterocycles. The van der Waals surface area contributed by atoms with Crippen LogP contribution < -0.4 is 5.73 Å². The van der Waals surface area contributed by atoms with Crippen molar-refractivity contribution in [1.82, 2.24) is 9.55 Å². The van der Waals surface area contributed by atoms with Crippen molar-refractivity contribution >= 4 is 0 Å². The summed E-state index contributed by atoms with van der Waals surface area (Å²) in [6, 6.07) is 8.78. The first-order chi connectivity index (χ1) is 8.65. The molecule has 3 rings (SSSR count). The highest BCUT2D eigenvalue weighted by molar-refractivity contribution is 5.27. The van der Waals surface area contributed by atoms with Crippen LogP contribution in [0.1, 0.15) is 29.8 Å². The van der Waals surface area contributed by atoms with Gasteiger partial charge in [-0.2, -0.15) is 0 Å². The second-order valence-corrected chi connectivity index (χ2v) is 5.49. The molecule has 1 saturated carbocycles. The van der Waals surface area contributed by atoms with Crippen LogP contribution in [-0.4, -0.2) is 15.1 Å². The van der Waals surface area contributed by atoms with Gasteiger partial charge in [0.25, 0.3) is 0 Å². The van der Waals surface area contributed by atoms with E-state index in [9.17, 15) is 0 Å². The number of hydrogen-bond donors (Lipinski definition) is 1. The first kappa shape index (κ1) is 11.5. The molecule has 0 bridgehead atoms. The van der Waals surface area contributed by atoms with Crippen LogP contribution in [-0.2, 0) is 19.9 Å². The molecule has 3 nitrogen and oxygen atoms in total. The SMILES string of the molecule is Cn1ccnc1Cc1ccc(CC2(N)CC2)cc1. The quantitative estimate of drug-likeness (QED) is 0.890. The van der Waals surface area contributed by atoms with Crippen LogP contribution in [0, 0.1) is 0 Å². The van der Waals surface area contributed by atoms with Gasteiger partial charge in [0.2, 0.25) is 0 Å². The average molecular weight is 241 g/mol. The summed E-state index contributed by atoms with van der Waals surface area (Å²) in [5.41, 5.74) is 8.88. The number of imidazole rings is 1. The molecule has 18 heavy (non-hydrogen) atoms. The summed E-state index contributed by atoms with van der Waals surface area (Å²) in [7, 11) is 2.03. The maximum absolute atomic E-state index is 6.13. The minimum atomic E-state index is 0.0984. The number of hydrogen-bond acceptors (Lipinski definition) is 2. The molecule has 2 aromatic rings. The van der Waals surface area contributed by atoms with Crippen LogP contribution in [0.25, 0.3) is 0 Å². The van der Waals surface area contributed by atoms with Gasteiger partial charge < -0.3 is 10.3 Å². The summed E-state index contributed by atoms with van der Waals surface area (Å²) in [6.07, 6.45) is 8.06. The summed E-state index contributed by atoms with van der Waals surface area (Å²) in [5, 5.41) is 0. The Morgan fingerprint density at radius 1 is 1.22 bits per heavy atom. The molecule has 1 aliphatic carbocycles. The van der Waals surface area contributed by atoms with Crippen molar-refractivity contribution in [3.63, 3.8) is 0 Å². The summed E-state index contributed by atoms with van der Waals surface area (Å²) >= 11 is 0. The van der Waals surface area contributed by atoms with Gasteiger partial charge in [0.15, 0.2) is 0 Å². The summed E-state index contributed by atoms with van der Waals surface area (Å²) in [5.74, 6) is 1.10. The van der Waals surface area contributed by atoms with Gasteiger partial charge in [-0.25, -0.2) is 4.98 Å². The standard InChI is InChI=1S/C15H19N3/c1-18-9-8-17-14(18)10-12-2-4-13(5-3-12)11-15(16)6-7-15/h2-5,8-9H,6-7,10-11,16H2,1H3. The highest BCUT2D eigenvalue weighted by Gasteiger charge is 2.37. The third-order valence-electron chi connectivity index (χ3n) is 3.75. The molecule has 1 fully saturated rings. The molecular formula is C15H19N3. The van der Waals surface area contributed by atoms with Gasteiger partial charge >= 0.3 is 0 Å². The van der Waals surface area contributed by atoms with Crippen molar-refractivity contribution in [2.75, 3.05) is 0 Å². The van der Waals surface area contributed by atoms with Gasteiger partial charge in [-0.1, -0.05) is 24.3 Å². The van der Waals surface area contributed by atoms with E-state index in [1.807, 2.05) is 19.4 Å². The van der Waals surface area contributed by atoms with Crippen molar-refractivity contribution in [2.24, 2.45) is 12.8 Å². The molecule has 0 saturated heterocycles. The normalized spacial score (nSPS) is 16.8. The fourth-order valence-corrected chi connectivity index (χ4v) is 2.27. The Labute approximate surface area is 108 Å². The van der Waals surface area contributed by atoms with E-state index >= 15 is 0 Å². The lowest BCUT2D eigenvalue weighted by molar-refractivity contribution is 0.672. The van der Waals surface area contributed by atoms with Gasteiger partial charge in [0, 0.05) is 31.4 Å². The lowest BCUT2D eigenvalue weighted by Crippen LogP contribution is -2.24. The van der Waals surface area contributed by atoms with Crippen molar-refractivity contribution in [3.8, 4) is 0 Å². The van der Waals surface area contributed by atoms with Gasteiger partial charge in [-0.15, -0.1) is 0 Å². The third kappa shape index (κ3) is 2.46.